The van der Waals surface area contributed by atoms with Crippen LogP contribution in [0.5, 0.6) is 11.6 Å². The van der Waals surface area contributed by atoms with Crippen LogP contribution in [0.3, 0.4) is 0 Å². The molecule has 1 aromatic carbocycles. The quantitative estimate of drug-likeness (QED) is 0.297. The van der Waals surface area contributed by atoms with Gasteiger partial charge in [0, 0.05) is 23.7 Å². The van der Waals surface area contributed by atoms with Gasteiger partial charge in [-0.25, -0.2) is 9.37 Å². The third-order valence-electron chi connectivity index (χ3n) is 8.40. The summed E-state index contributed by atoms with van der Waals surface area (Å²) < 4.78 is 26.7. The Morgan fingerprint density at radius 3 is 2.60 bits per heavy atom. The number of fused-ring (bicyclic) bond motifs is 1. The molecule has 1 aliphatic carbocycles. The lowest BCUT2D eigenvalue weighted by Crippen LogP contribution is -2.24. The van der Waals surface area contributed by atoms with Crippen molar-refractivity contribution in [3.8, 4) is 22.8 Å². The van der Waals surface area contributed by atoms with Crippen molar-refractivity contribution in [1.29, 1.82) is 0 Å². The number of carbonyl (C=O) groups is 1. The number of rotatable bonds is 11. The third kappa shape index (κ3) is 5.82. The fraction of sp³-hybridized carbons (Fsp3) is 0.469. The van der Waals surface area contributed by atoms with Crippen molar-refractivity contribution in [1.82, 2.24) is 14.9 Å². The van der Waals surface area contributed by atoms with Crippen LogP contribution in [0, 0.1) is 17.7 Å². The van der Waals surface area contributed by atoms with Crippen LogP contribution in [0.2, 0.25) is 0 Å². The highest BCUT2D eigenvalue weighted by atomic mass is 19.1. The monoisotopic (exact) mass is 547 g/mol. The molecule has 212 valence electrons. The molecule has 0 amide bonds. The van der Waals surface area contributed by atoms with Crippen molar-refractivity contribution < 1.29 is 23.8 Å². The summed E-state index contributed by atoms with van der Waals surface area (Å²) in [5.41, 5.74) is 4.86. The molecule has 2 aliphatic rings. The maximum atomic E-state index is 14.9. The fourth-order valence-corrected chi connectivity index (χ4v) is 5.84. The van der Waals surface area contributed by atoms with Gasteiger partial charge in [0.05, 0.1) is 30.6 Å². The number of benzene rings is 1. The fourth-order valence-electron chi connectivity index (χ4n) is 5.84. The van der Waals surface area contributed by atoms with E-state index in [0.717, 1.165) is 67.0 Å². The Bertz CT molecular complexity index is 1370. The Balaban J connectivity index is 1.47. The molecule has 0 radical (unpaired) electrons. The van der Waals surface area contributed by atoms with Crippen LogP contribution in [-0.2, 0) is 17.8 Å². The van der Waals surface area contributed by atoms with Gasteiger partial charge in [0.1, 0.15) is 17.7 Å². The van der Waals surface area contributed by atoms with Crippen molar-refractivity contribution in [3.63, 3.8) is 0 Å². The first-order valence-corrected chi connectivity index (χ1v) is 14.3. The first-order valence-electron chi connectivity index (χ1n) is 14.3. The number of aliphatic carboxylic acids is 1. The number of halogens is 1. The van der Waals surface area contributed by atoms with Crippen LogP contribution in [0.4, 0.5) is 4.39 Å². The van der Waals surface area contributed by atoms with Crippen molar-refractivity contribution in [2.75, 3.05) is 20.2 Å². The second-order valence-electron chi connectivity index (χ2n) is 10.9. The average molecular weight is 548 g/mol. The Kier molecular flexibility index (Phi) is 8.35. The van der Waals surface area contributed by atoms with Gasteiger partial charge in [0.25, 0.3) is 0 Å². The molecule has 8 heteroatoms. The topological polar surface area (TPSA) is 84.8 Å². The van der Waals surface area contributed by atoms with Crippen LogP contribution in [0.15, 0.2) is 42.6 Å². The van der Waals surface area contributed by atoms with E-state index in [1.165, 1.54) is 13.3 Å². The molecule has 3 heterocycles. The normalized spacial score (nSPS) is 18.1. The molecule has 1 N–H and O–H groups in total. The molecule has 1 fully saturated rings. The van der Waals surface area contributed by atoms with E-state index in [1.807, 2.05) is 18.2 Å². The standard InChI is InChI=1S/C32H38FN3O4/c1-5-36(6-2)18-27-23(24-16-30(39-4)34-17-25(24)33)12-13-26(35-27)28-14-11-20-7-10-22(15-29(20)40-28)31(21-8-9-21)19(3)32(37)38/h7,10,12-13,15-17,19,21,28,31H,5-6,8-9,11,14,18H2,1-4H3,(H,37,38)/t19-,28?,31-/m0/s1. The Hall–Kier alpha value is -3.52. The molecule has 1 unspecified atom stereocenters. The predicted molar refractivity (Wildman–Crippen MR) is 151 cm³/mol. The summed E-state index contributed by atoms with van der Waals surface area (Å²) in [7, 11) is 1.51. The van der Waals surface area contributed by atoms with Gasteiger partial charge in [-0.3, -0.25) is 14.7 Å². The van der Waals surface area contributed by atoms with E-state index in [1.54, 1.807) is 13.0 Å². The van der Waals surface area contributed by atoms with E-state index >= 15 is 0 Å². The van der Waals surface area contributed by atoms with Gasteiger partial charge in [0.15, 0.2) is 0 Å². The number of carboxylic acid groups (broad SMARTS) is 1. The predicted octanol–water partition coefficient (Wildman–Crippen LogP) is 6.41. The number of aryl methyl sites for hydroxylation is 1. The van der Waals surface area contributed by atoms with Crippen LogP contribution in [-0.4, -0.2) is 46.1 Å². The molecule has 5 rings (SSSR count). The van der Waals surface area contributed by atoms with Gasteiger partial charge < -0.3 is 14.6 Å². The van der Waals surface area contributed by atoms with E-state index in [4.69, 9.17) is 14.5 Å². The lowest BCUT2D eigenvalue weighted by Gasteiger charge is -2.29. The molecule has 0 spiro atoms. The molecule has 3 atom stereocenters. The molecule has 1 aliphatic heterocycles. The smallest absolute Gasteiger partial charge is 0.306 e. The van der Waals surface area contributed by atoms with Crippen LogP contribution in [0.1, 0.15) is 74.6 Å². The number of methoxy groups -OCH3 is 1. The van der Waals surface area contributed by atoms with Gasteiger partial charge in [-0.2, -0.15) is 0 Å². The number of ether oxygens (including phenoxy) is 2. The van der Waals surface area contributed by atoms with E-state index in [9.17, 15) is 14.3 Å². The van der Waals surface area contributed by atoms with Gasteiger partial charge in [0.2, 0.25) is 5.88 Å². The number of nitrogens with zero attached hydrogens (tertiary/aromatic N) is 3. The lowest BCUT2D eigenvalue weighted by atomic mass is 9.82. The van der Waals surface area contributed by atoms with Crippen molar-refractivity contribution in [3.05, 3.63) is 70.9 Å². The van der Waals surface area contributed by atoms with Gasteiger partial charge in [-0.05, 0) is 73.9 Å². The molecular weight excluding hydrogens is 509 g/mol. The van der Waals surface area contributed by atoms with Gasteiger partial charge in [-0.15, -0.1) is 0 Å². The summed E-state index contributed by atoms with van der Waals surface area (Å²) in [5.74, 6) is -0.0928. The minimum Gasteiger partial charge on any atom is -0.484 e. The van der Waals surface area contributed by atoms with Crippen molar-refractivity contribution >= 4 is 5.97 Å². The van der Waals surface area contributed by atoms with E-state index < -0.39 is 17.7 Å². The van der Waals surface area contributed by atoms with E-state index in [-0.39, 0.29) is 12.0 Å². The summed E-state index contributed by atoms with van der Waals surface area (Å²) in [6, 6.07) is 11.7. The zero-order chi connectivity index (χ0) is 28.4. The molecule has 2 aromatic heterocycles. The number of carboxylic acids is 1. The molecule has 0 saturated heterocycles. The summed E-state index contributed by atoms with van der Waals surface area (Å²) in [5, 5.41) is 9.72. The van der Waals surface area contributed by atoms with Crippen LogP contribution < -0.4 is 9.47 Å². The molecule has 0 bridgehead atoms. The van der Waals surface area contributed by atoms with E-state index in [2.05, 4.69) is 35.9 Å². The highest BCUT2D eigenvalue weighted by molar-refractivity contribution is 5.71. The Morgan fingerprint density at radius 1 is 1.15 bits per heavy atom. The SMILES string of the molecule is CCN(CC)Cc1nc(C2CCc3ccc([C@H](C4CC4)[C@H](C)C(=O)O)cc3O2)ccc1-c1cc(OC)ncc1F. The first-order chi connectivity index (χ1) is 19.3. The second-order valence-corrected chi connectivity index (χ2v) is 10.9. The number of hydrogen-bond donors (Lipinski definition) is 1. The average Bonchev–Trinajstić information content (AvgIpc) is 3.81. The minimum absolute atomic E-state index is 0.0166. The highest BCUT2D eigenvalue weighted by Crippen LogP contribution is 2.48. The van der Waals surface area contributed by atoms with Crippen molar-refractivity contribution in [2.24, 2.45) is 11.8 Å². The maximum Gasteiger partial charge on any atom is 0.306 e. The zero-order valence-corrected chi connectivity index (χ0v) is 23.7. The molecule has 40 heavy (non-hydrogen) atoms. The van der Waals surface area contributed by atoms with Crippen LogP contribution in [0.25, 0.3) is 11.1 Å². The largest absolute Gasteiger partial charge is 0.484 e. The summed E-state index contributed by atoms with van der Waals surface area (Å²) in [4.78, 5) is 23.1. The molecule has 3 aromatic rings. The maximum absolute atomic E-state index is 14.9. The first kappa shape index (κ1) is 28.0. The summed E-state index contributed by atoms with van der Waals surface area (Å²) >= 11 is 0. The number of hydrogen-bond acceptors (Lipinski definition) is 6. The zero-order valence-electron chi connectivity index (χ0n) is 23.7. The number of aromatic nitrogens is 2. The second kappa shape index (κ2) is 11.9. The summed E-state index contributed by atoms with van der Waals surface area (Å²) in [6.07, 6.45) is 4.69. The lowest BCUT2D eigenvalue weighted by molar-refractivity contribution is -0.142. The molecule has 7 nitrogen and oxygen atoms in total. The minimum atomic E-state index is -0.762. The number of pyridine rings is 2. The molecule has 1 saturated carbocycles. The Morgan fingerprint density at radius 2 is 1.93 bits per heavy atom. The highest BCUT2D eigenvalue weighted by Gasteiger charge is 2.39. The van der Waals surface area contributed by atoms with E-state index in [0.29, 0.717) is 29.5 Å². The van der Waals surface area contributed by atoms with Gasteiger partial charge in [-0.1, -0.05) is 39.0 Å². The van der Waals surface area contributed by atoms with Crippen LogP contribution >= 0.6 is 0 Å². The molecular formula is C32H38FN3O4. The third-order valence-corrected chi connectivity index (χ3v) is 8.40. The van der Waals surface area contributed by atoms with Gasteiger partial charge >= 0.3 is 5.97 Å². The van der Waals surface area contributed by atoms with Crippen molar-refractivity contribution in [2.45, 2.75) is 65.0 Å². The Labute approximate surface area is 235 Å². The summed E-state index contributed by atoms with van der Waals surface area (Å²) in [6.45, 7) is 8.26.